The van der Waals surface area contributed by atoms with Gasteiger partial charge >= 0.3 is 0 Å². The number of hydrogen-bond acceptors (Lipinski definition) is 6. The molecule has 1 aliphatic heterocycles. The number of amides is 1. The second-order valence-corrected chi connectivity index (χ2v) is 7.85. The van der Waals surface area contributed by atoms with Crippen LogP contribution in [0.3, 0.4) is 0 Å². The molecule has 0 atom stereocenters. The van der Waals surface area contributed by atoms with Crippen LogP contribution in [-0.4, -0.2) is 65.5 Å². The quantitative estimate of drug-likeness (QED) is 0.589. The van der Waals surface area contributed by atoms with Crippen LogP contribution in [0, 0.1) is 0 Å². The van der Waals surface area contributed by atoms with Gasteiger partial charge in [0, 0.05) is 38.1 Å². The van der Waals surface area contributed by atoms with Crippen molar-refractivity contribution >= 4 is 27.3 Å². The molecule has 0 unspecified atom stereocenters. The molecule has 2 rings (SSSR count). The molecule has 1 aromatic heterocycles. The van der Waals surface area contributed by atoms with Crippen LogP contribution in [0.25, 0.3) is 0 Å². The first kappa shape index (κ1) is 17.4. The Bertz CT molecular complexity index is 594. The van der Waals surface area contributed by atoms with E-state index in [-0.39, 0.29) is 10.8 Å². The second kappa shape index (κ2) is 8.02. The molecule has 124 valence electrons. The van der Waals surface area contributed by atoms with Crippen LogP contribution in [0.5, 0.6) is 0 Å². The number of rotatable bonds is 7. The average Bonchev–Trinajstić information content (AvgIpc) is 3.03. The number of thiophene rings is 1. The van der Waals surface area contributed by atoms with Crippen molar-refractivity contribution in [2.45, 2.75) is 11.3 Å². The molecule has 0 saturated carbocycles. The van der Waals surface area contributed by atoms with E-state index < -0.39 is 10.0 Å². The fourth-order valence-electron chi connectivity index (χ4n) is 2.22. The van der Waals surface area contributed by atoms with Crippen LogP contribution in [0.15, 0.2) is 16.3 Å². The lowest BCUT2D eigenvalue weighted by molar-refractivity contribution is 0.0955. The number of piperazine rings is 1. The zero-order valence-corrected chi connectivity index (χ0v) is 14.2. The molecule has 7 nitrogen and oxygen atoms in total. The van der Waals surface area contributed by atoms with Crippen molar-refractivity contribution in [3.05, 3.63) is 16.3 Å². The van der Waals surface area contributed by atoms with E-state index in [9.17, 15) is 13.2 Å². The van der Waals surface area contributed by atoms with Gasteiger partial charge in [0.15, 0.2) is 0 Å². The third-order valence-electron chi connectivity index (χ3n) is 3.52. The molecule has 0 aromatic carbocycles. The Kier molecular flexibility index (Phi) is 6.33. The van der Waals surface area contributed by atoms with Gasteiger partial charge < -0.3 is 15.5 Å². The highest BCUT2D eigenvalue weighted by Gasteiger charge is 2.17. The highest BCUT2D eigenvalue weighted by Crippen LogP contribution is 2.18. The van der Waals surface area contributed by atoms with Crippen LogP contribution < -0.4 is 15.4 Å². The van der Waals surface area contributed by atoms with Crippen molar-refractivity contribution < 1.29 is 13.2 Å². The van der Waals surface area contributed by atoms with Gasteiger partial charge in [0.25, 0.3) is 5.91 Å². The highest BCUT2D eigenvalue weighted by atomic mass is 32.2. The van der Waals surface area contributed by atoms with Gasteiger partial charge in [-0.15, -0.1) is 11.3 Å². The molecule has 1 fully saturated rings. The Balaban J connectivity index is 1.75. The summed E-state index contributed by atoms with van der Waals surface area (Å²) in [6.45, 7) is 5.68. The molecule has 1 amide bonds. The zero-order valence-electron chi connectivity index (χ0n) is 12.6. The van der Waals surface area contributed by atoms with Gasteiger partial charge in [0.05, 0.1) is 9.77 Å². The monoisotopic (exact) mass is 346 g/mol. The summed E-state index contributed by atoms with van der Waals surface area (Å²) in [5, 5.41) is 7.61. The molecular weight excluding hydrogens is 324 g/mol. The van der Waals surface area contributed by atoms with E-state index in [1.54, 1.807) is 0 Å². The van der Waals surface area contributed by atoms with Gasteiger partial charge in [-0.2, -0.15) is 0 Å². The summed E-state index contributed by atoms with van der Waals surface area (Å²) in [7, 11) is -2.13. The summed E-state index contributed by atoms with van der Waals surface area (Å²) in [4.78, 5) is 14.9. The van der Waals surface area contributed by atoms with Crippen molar-refractivity contribution in [3.8, 4) is 0 Å². The molecular formula is C13H22N4O3S2. The number of nitrogens with zero attached hydrogens (tertiary/aromatic N) is 1. The number of carbonyl (C=O) groups excluding carboxylic acids is 1. The van der Waals surface area contributed by atoms with Gasteiger partial charge in [0.2, 0.25) is 10.0 Å². The first-order chi connectivity index (χ1) is 10.5. The van der Waals surface area contributed by atoms with Crippen molar-refractivity contribution in [1.82, 2.24) is 20.3 Å². The van der Waals surface area contributed by atoms with Crippen molar-refractivity contribution in [2.75, 3.05) is 46.3 Å². The van der Waals surface area contributed by atoms with E-state index in [4.69, 9.17) is 0 Å². The third kappa shape index (κ3) is 4.75. The van der Waals surface area contributed by atoms with Crippen LogP contribution in [0.4, 0.5) is 0 Å². The van der Waals surface area contributed by atoms with E-state index >= 15 is 0 Å². The Morgan fingerprint density at radius 3 is 2.82 bits per heavy atom. The fraction of sp³-hybridized carbons (Fsp3) is 0.615. The number of carbonyl (C=O) groups is 1. The first-order valence-corrected chi connectivity index (χ1v) is 9.62. The molecule has 1 saturated heterocycles. The lowest BCUT2D eigenvalue weighted by Gasteiger charge is -2.27. The Hall–Kier alpha value is -1.00. The first-order valence-electron chi connectivity index (χ1n) is 7.26. The lowest BCUT2D eigenvalue weighted by Crippen LogP contribution is -2.44. The molecule has 0 spiro atoms. The maximum atomic E-state index is 12.0. The van der Waals surface area contributed by atoms with Crippen LogP contribution in [-0.2, 0) is 10.0 Å². The molecule has 1 aliphatic rings. The summed E-state index contributed by atoms with van der Waals surface area (Å²) in [6, 6.07) is 1.40. The Morgan fingerprint density at radius 1 is 1.41 bits per heavy atom. The predicted molar refractivity (Wildman–Crippen MR) is 86.8 cm³/mol. The minimum Gasteiger partial charge on any atom is -0.351 e. The van der Waals surface area contributed by atoms with Crippen molar-refractivity contribution in [1.29, 1.82) is 0 Å². The van der Waals surface area contributed by atoms with Crippen LogP contribution in [0.2, 0.25) is 0 Å². The SMILES string of the molecule is CNS(=O)(=O)c1csc(C(=O)NCCCN2CCNCC2)c1. The van der Waals surface area contributed by atoms with E-state index in [0.29, 0.717) is 11.4 Å². The van der Waals surface area contributed by atoms with Crippen molar-refractivity contribution in [3.63, 3.8) is 0 Å². The Labute approximate surface area is 135 Å². The van der Waals surface area contributed by atoms with E-state index in [1.165, 1.54) is 18.5 Å². The molecule has 9 heteroatoms. The summed E-state index contributed by atoms with van der Waals surface area (Å²) >= 11 is 1.14. The van der Waals surface area contributed by atoms with E-state index in [0.717, 1.165) is 50.5 Å². The normalized spacial score (nSPS) is 16.6. The molecule has 22 heavy (non-hydrogen) atoms. The van der Waals surface area contributed by atoms with Gasteiger partial charge in [-0.1, -0.05) is 0 Å². The molecule has 0 radical (unpaired) electrons. The summed E-state index contributed by atoms with van der Waals surface area (Å²) in [6.07, 6.45) is 0.888. The number of sulfonamides is 1. The van der Waals surface area contributed by atoms with Crippen LogP contribution in [0.1, 0.15) is 16.1 Å². The summed E-state index contributed by atoms with van der Waals surface area (Å²) in [5.74, 6) is -0.220. The van der Waals surface area contributed by atoms with Crippen molar-refractivity contribution in [2.24, 2.45) is 0 Å². The third-order valence-corrected chi connectivity index (χ3v) is 6.00. The average molecular weight is 346 g/mol. The summed E-state index contributed by atoms with van der Waals surface area (Å²) in [5.41, 5.74) is 0. The van der Waals surface area contributed by atoms with E-state index in [1.807, 2.05) is 0 Å². The van der Waals surface area contributed by atoms with Gasteiger partial charge in [-0.25, -0.2) is 13.1 Å². The van der Waals surface area contributed by atoms with Gasteiger partial charge in [-0.3, -0.25) is 4.79 Å². The number of nitrogens with one attached hydrogen (secondary N) is 3. The lowest BCUT2D eigenvalue weighted by atomic mass is 10.3. The molecule has 3 N–H and O–H groups in total. The molecule has 2 heterocycles. The van der Waals surface area contributed by atoms with Crippen LogP contribution >= 0.6 is 11.3 Å². The zero-order chi connectivity index (χ0) is 16.0. The maximum absolute atomic E-state index is 12.0. The maximum Gasteiger partial charge on any atom is 0.261 e. The highest BCUT2D eigenvalue weighted by molar-refractivity contribution is 7.89. The largest absolute Gasteiger partial charge is 0.351 e. The minimum absolute atomic E-state index is 0.131. The molecule has 0 bridgehead atoms. The second-order valence-electron chi connectivity index (χ2n) is 5.06. The smallest absolute Gasteiger partial charge is 0.261 e. The van der Waals surface area contributed by atoms with Gasteiger partial charge in [0.1, 0.15) is 0 Å². The fourth-order valence-corrected chi connectivity index (χ4v) is 4.14. The topological polar surface area (TPSA) is 90.5 Å². The standard InChI is InChI=1S/C13H22N4O3S2/c1-14-22(19,20)11-9-12(21-10-11)13(18)16-3-2-6-17-7-4-15-5-8-17/h9-10,14-15H,2-8H2,1H3,(H,16,18). The Morgan fingerprint density at radius 2 is 2.14 bits per heavy atom. The summed E-state index contributed by atoms with van der Waals surface area (Å²) < 4.78 is 25.5. The minimum atomic E-state index is -3.48. The van der Waals surface area contributed by atoms with Gasteiger partial charge in [-0.05, 0) is 26.1 Å². The molecule has 0 aliphatic carbocycles. The van der Waals surface area contributed by atoms with E-state index in [2.05, 4.69) is 20.3 Å². The predicted octanol–water partition coefficient (Wildman–Crippen LogP) is -0.319. The molecule has 1 aromatic rings. The number of hydrogen-bond donors (Lipinski definition) is 3.